The Morgan fingerprint density at radius 3 is 2.77 bits per heavy atom. The van der Waals surface area contributed by atoms with Crippen LogP contribution in [-0.4, -0.2) is 49.8 Å². The van der Waals surface area contributed by atoms with Gasteiger partial charge in [-0.15, -0.1) is 0 Å². The van der Waals surface area contributed by atoms with Crippen LogP contribution in [-0.2, 0) is 0 Å². The normalized spacial score (nSPS) is 22.9. The molecule has 0 spiro atoms. The van der Waals surface area contributed by atoms with Crippen molar-refractivity contribution in [3.05, 3.63) is 48.0 Å². The van der Waals surface area contributed by atoms with Crippen LogP contribution in [0, 0.1) is 0 Å². The molecule has 9 heteroatoms. The molecule has 9 nitrogen and oxygen atoms in total. The second-order valence-electron chi connectivity index (χ2n) is 8.17. The van der Waals surface area contributed by atoms with Gasteiger partial charge in [0, 0.05) is 18.8 Å². The molecule has 0 radical (unpaired) electrons. The number of nitrogens with one attached hydrogen (secondary N) is 2. The molecular weight excluding hydrogens is 382 g/mol. The molecule has 0 atom stereocenters. The average Bonchev–Trinajstić information content (AvgIpc) is 3.24. The molecular formula is C21H23N7O2. The van der Waals surface area contributed by atoms with Crippen molar-refractivity contribution in [1.29, 1.82) is 0 Å². The van der Waals surface area contributed by atoms with Crippen LogP contribution >= 0.6 is 0 Å². The topological polar surface area (TPSA) is 143 Å². The number of benzene rings is 1. The van der Waals surface area contributed by atoms with E-state index in [0.29, 0.717) is 40.2 Å². The Labute approximate surface area is 172 Å². The SMILES string of the molecule is Nc1cccc(C(=O)N2CC3(NC(=O)c4ncnc5[nH]ccc45)CCC2CC3)c1N. The number of amides is 2. The van der Waals surface area contributed by atoms with Gasteiger partial charge in [0.25, 0.3) is 11.8 Å². The van der Waals surface area contributed by atoms with Gasteiger partial charge in [0.05, 0.1) is 27.9 Å². The largest absolute Gasteiger partial charge is 0.397 e. The summed E-state index contributed by atoms with van der Waals surface area (Å²) in [6.07, 6.45) is 6.41. The van der Waals surface area contributed by atoms with E-state index in [2.05, 4.69) is 20.3 Å². The molecule has 4 heterocycles. The lowest BCUT2D eigenvalue weighted by Gasteiger charge is -2.53. The van der Waals surface area contributed by atoms with Crippen molar-refractivity contribution in [2.24, 2.45) is 0 Å². The van der Waals surface area contributed by atoms with Crippen molar-refractivity contribution in [2.75, 3.05) is 18.0 Å². The van der Waals surface area contributed by atoms with Gasteiger partial charge in [-0.25, -0.2) is 9.97 Å². The number of aromatic nitrogens is 3. The first-order valence-electron chi connectivity index (χ1n) is 10.0. The van der Waals surface area contributed by atoms with E-state index in [9.17, 15) is 9.59 Å². The first-order valence-corrected chi connectivity index (χ1v) is 10.0. The predicted octanol–water partition coefficient (Wildman–Crippen LogP) is 1.69. The summed E-state index contributed by atoms with van der Waals surface area (Å²) in [6.45, 7) is 0.442. The third-order valence-corrected chi connectivity index (χ3v) is 6.40. The molecule has 2 aliphatic heterocycles. The van der Waals surface area contributed by atoms with Gasteiger partial charge in [-0.1, -0.05) is 6.07 Å². The first kappa shape index (κ1) is 18.4. The lowest BCUT2D eigenvalue weighted by molar-refractivity contribution is 0.0117. The van der Waals surface area contributed by atoms with E-state index in [1.807, 2.05) is 4.90 Å². The minimum absolute atomic E-state index is 0.141. The molecule has 1 saturated carbocycles. The lowest BCUT2D eigenvalue weighted by Crippen LogP contribution is -2.66. The van der Waals surface area contributed by atoms with Gasteiger partial charge in [-0.3, -0.25) is 9.59 Å². The number of hydrogen-bond acceptors (Lipinski definition) is 6. The Morgan fingerprint density at radius 2 is 1.97 bits per heavy atom. The highest BCUT2D eigenvalue weighted by Gasteiger charge is 2.47. The molecule has 3 aliphatic rings. The maximum absolute atomic E-state index is 13.3. The number of para-hydroxylation sites is 1. The number of H-pyrrole nitrogens is 1. The van der Waals surface area contributed by atoms with Gasteiger partial charge in [-0.2, -0.15) is 0 Å². The second-order valence-corrected chi connectivity index (χ2v) is 8.17. The zero-order valence-electron chi connectivity index (χ0n) is 16.4. The summed E-state index contributed by atoms with van der Waals surface area (Å²) in [5, 5.41) is 3.86. The van der Waals surface area contributed by atoms with Gasteiger partial charge in [0.1, 0.15) is 17.7 Å². The molecule has 6 N–H and O–H groups in total. The van der Waals surface area contributed by atoms with Crippen molar-refractivity contribution >= 4 is 34.2 Å². The number of nitrogens with two attached hydrogens (primary N) is 2. The minimum Gasteiger partial charge on any atom is -0.397 e. The number of aromatic amines is 1. The van der Waals surface area contributed by atoms with Crippen LogP contribution in [0.1, 0.15) is 46.5 Å². The van der Waals surface area contributed by atoms with Crippen molar-refractivity contribution in [1.82, 2.24) is 25.2 Å². The average molecular weight is 405 g/mol. The fourth-order valence-electron chi connectivity index (χ4n) is 4.76. The molecule has 2 saturated heterocycles. The molecule has 2 bridgehead atoms. The standard InChI is InChI=1S/C21H23N7O2/c22-15-3-1-2-13(16(15)23)20(30)28-10-21(7-4-12(28)5-8-21)27-19(29)17-14-6-9-24-18(14)26-11-25-17/h1-3,6,9,11-12H,4-5,7-8,10,22-23H2,(H,27,29)(H,24,25,26). The molecule has 1 aliphatic carbocycles. The Hall–Kier alpha value is -3.62. The number of carbonyl (C=O) groups excluding carboxylic acids is 2. The third kappa shape index (κ3) is 2.85. The second kappa shape index (κ2) is 6.72. The van der Waals surface area contributed by atoms with E-state index in [1.54, 1.807) is 30.5 Å². The highest BCUT2D eigenvalue weighted by atomic mass is 16.2. The fourth-order valence-corrected chi connectivity index (χ4v) is 4.76. The Balaban J connectivity index is 1.41. The molecule has 154 valence electrons. The number of piperidine rings is 2. The molecule has 2 aromatic heterocycles. The Bertz CT molecular complexity index is 1150. The zero-order chi connectivity index (χ0) is 20.9. The summed E-state index contributed by atoms with van der Waals surface area (Å²) in [4.78, 5) is 39.5. The molecule has 2 amide bonds. The smallest absolute Gasteiger partial charge is 0.271 e. The summed E-state index contributed by atoms with van der Waals surface area (Å²) in [6, 6.07) is 7.05. The summed E-state index contributed by atoms with van der Waals surface area (Å²) < 4.78 is 0. The fraction of sp³-hybridized carbons (Fsp3) is 0.333. The van der Waals surface area contributed by atoms with Crippen LogP contribution in [0.2, 0.25) is 0 Å². The quantitative estimate of drug-likeness (QED) is 0.488. The maximum Gasteiger partial charge on any atom is 0.271 e. The van der Waals surface area contributed by atoms with E-state index in [-0.39, 0.29) is 17.9 Å². The zero-order valence-corrected chi connectivity index (χ0v) is 16.4. The van der Waals surface area contributed by atoms with Gasteiger partial charge in [0.2, 0.25) is 0 Å². The van der Waals surface area contributed by atoms with Gasteiger partial charge in [0.15, 0.2) is 0 Å². The number of nitrogen functional groups attached to an aromatic ring is 2. The monoisotopic (exact) mass is 405 g/mol. The first-order chi connectivity index (χ1) is 14.5. The molecule has 30 heavy (non-hydrogen) atoms. The summed E-state index contributed by atoms with van der Waals surface area (Å²) in [7, 11) is 0. The van der Waals surface area contributed by atoms with Crippen LogP contribution in [0.25, 0.3) is 11.0 Å². The van der Waals surface area contributed by atoms with Crippen molar-refractivity contribution in [3.63, 3.8) is 0 Å². The molecule has 6 rings (SSSR count). The number of fused-ring (bicyclic) bond motifs is 4. The number of rotatable bonds is 3. The number of hydrogen-bond donors (Lipinski definition) is 4. The summed E-state index contributed by atoms with van der Waals surface area (Å²) in [5.74, 6) is -0.392. The minimum atomic E-state index is -0.482. The Kier molecular flexibility index (Phi) is 4.12. The van der Waals surface area contributed by atoms with E-state index >= 15 is 0 Å². The van der Waals surface area contributed by atoms with Crippen molar-refractivity contribution in [2.45, 2.75) is 37.3 Å². The highest BCUT2D eigenvalue weighted by Crippen LogP contribution is 2.39. The molecule has 0 unspecified atom stereocenters. The summed E-state index contributed by atoms with van der Waals surface area (Å²) in [5.41, 5.74) is 13.5. The van der Waals surface area contributed by atoms with Crippen molar-refractivity contribution < 1.29 is 9.59 Å². The Morgan fingerprint density at radius 1 is 1.17 bits per heavy atom. The van der Waals surface area contributed by atoms with E-state index in [1.165, 1.54) is 6.33 Å². The predicted molar refractivity (Wildman–Crippen MR) is 113 cm³/mol. The molecule has 3 fully saturated rings. The molecule has 1 aromatic carbocycles. The van der Waals surface area contributed by atoms with E-state index < -0.39 is 5.54 Å². The van der Waals surface area contributed by atoms with Crippen LogP contribution in [0.15, 0.2) is 36.8 Å². The van der Waals surface area contributed by atoms with Crippen LogP contribution in [0.3, 0.4) is 0 Å². The number of nitrogens with zero attached hydrogens (tertiary/aromatic N) is 3. The third-order valence-electron chi connectivity index (χ3n) is 6.40. The van der Waals surface area contributed by atoms with Gasteiger partial charge in [-0.05, 0) is 43.9 Å². The van der Waals surface area contributed by atoms with Crippen LogP contribution in [0.4, 0.5) is 11.4 Å². The van der Waals surface area contributed by atoms with Crippen molar-refractivity contribution in [3.8, 4) is 0 Å². The van der Waals surface area contributed by atoms with Crippen LogP contribution < -0.4 is 16.8 Å². The van der Waals surface area contributed by atoms with Crippen LogP contribution in [0.5, 0.6) is 0 Å². The van der Waals surface area contributed by atoms with Gasteiger partial charge < -0.3 is 26.7 Å². The number of carbonyl (C=O) groups is 2. The highest BCUT2D eigenvalue weighted by molar-refractivity contribution is 6.04. The van der Waals surface area contributed by atoms with E-state index in [0.717, 1.165) is 25.7 Å². The maximum atomic E-state index is 13.3. The lowest BCUT2D eigenvalue weighted by atomic mass is 9.73. The number of anilines is 2. The van der Waals surface area contributed by atoms with Gasteiger partial charge >= 0.3 is 0 Å². The molecule has 3 aromatic rings. The summed E-state index contributed by atoms with van der Waals surface area (Å²) >= 11 is 0. The van der Waals surface area contributed by atoms with E-state index in [4.69, 9.17) is 11.5 Å².